The van der Waals surface area contributed by atoms with Crippen molar-refractivity contribution in [2.45, 2.75) is 218 Å². The summed E-state index contributed by atoms with van der Waals surface area (Å²) in [5.41, 5.74) is 0. The van der Waals surface area contributed by atoms with Crippen molar-refractivity contribution in [3.63, 3.8) is 0 Å². The van der Waals surface area contributed by atoms with E-state index in [1.807, 2.05) is 6.08 Å². The fraction of sp³-hybridized carbons (Fsp3) is 0.822. The van der Waals surface area contributed by atoms with Gasteiger partial charge in [0.25, 0.3) is 0 Å². The van der Waals surface area contributed by atoms with E-state index in [9.17, 15) is 30.0 Å². The number of ether oxygens (including phenoxy) is 4. The molecule has 1 rings (SSSR count). The van der Waals surface area contributed by atoms with Gasteiger partial charge < -0.3 is 39.4 Å². The molecule has 10 nitrogen and oxygen atoms in total. The first-order valence-corrected chi connectivity index (χ1v) is 22.1. The van der Waals surface area contributed by atoms with Crippen LogP contribution in [0.25, 0.3) is 0 Å². The second-order valence-electron chi connectivity index (χ2n) is 15.1. The van der Waals surface area contributed by atoms with Crippen molar-refractivity contribution >= 4 is 11.9 Å². The molecule has 10 heteroatoms. The van der Waals surface area contributed by atoms with Crippen molar-refractivity contribution in [1.82, 2.24) is 0 Å². The van der Waals surface area contributed by atoms with Gasteiger partial charge in [0.1, 0.15) is 31.0 Å². The van der Waals surface area contributed by atoms with Crippen LogP contribution in [0.3, 0.4) is 0 Å². The summed E-state index contributed by atoms with van der Waals surface area (Å²) in [6, 6.07) is 0. The number of esters is 2. The Morgan fingerprint density at radius 3 is 1.60 bits per heavy atom. The van der Waals surface area contributed by atoms with Crippen LogP contribution in [0.4, 0.5) is 0 Å². The van der Waals surface area contributed by atoms with Crippen LogP contribution in [0.5, 0.6) is 0 Å². The van der Waals surface area contributed by atoms with Crippen molar-refractivity contribution in [2.24, 2.45) is 0 Å². The Morgan fingerprint density at radius 2 is 1.05 bits per heavy atom. The normalized spacial score (nSPS) is 20.9. The number of aliphatic hydroxyl groups excluding tert-OH is 4. The van der Waals surface area contributed by atoms with Gasteiger partial charge in [0.15, 0.2) is 12.4 Å². The molecule has 0 aromatic rings. The van der Waals surface area contributed by atoms with Gasteiger partial charge in [-0.1, -0.05) is 147 Å². The molecule has 0 radical (unpaired) electrons. The minimum atomic E-state index is -1.60. The van der Waals surface area contributed by atoms with Crippen LogP contribution in [0.15, 0.2) is 36.5 Å². The average molecular weight is 781 g/mol. The van der Waals surface area contributed by atoms with Gasteiger partial charge in [-0.15, -0.1) is 0 Å². The number of allylic oxidation sites excluding steroid dienone is 6. The zero-order valence-corrected chi connectivity index (χ0v) is 34.7. The predicted octanol–water partition coefficient (Wildman–Crippen LogP) is 9.11. The van der Waals surface area contributed by atoms with Crippen LogP contribution in [0.2, 0.25) is 0 Å². The molecule has 0 spiro atoms. The van der Waals surface area contributed by atoms with E-state index in [4.69, 9.17) is 18.9 Å². The lowest BCUT2D eigenvalue weighted by atomic mass is 9.99. The first-order valence-electron chi connectivity index (χ1n) is 22.1. The van der Waals surface area contributed by atoms with Gasteiger partial charge in [-0.2, -0.15) is 0 Å². The number of unbranched alkanes of at least 4 members (excludes halogenated alkanes) is 19. The maximum Gasteiger partial charge on any atom is 0.306 e. The van der Waals surface area contributed by atoms with Crippen LogP contribution in [-0.4, -0.2) is 89.0 Å². The molecule has 1 heterocycles. The summed E-state index contributed by atoms with van der Waals surface area (Å²) >= 11 is 0. The number of aliphatic hydroxyl groups is 4. The van der Waals surface area contributed by atoms with Crippen molar-refractivity contribution in [3.05, 3.63) is 36.5 Å². The average Bonchev–Trinajstić information content (AvgIpc) is 3.18. The minimum absolute atomic E-state index is 0.141. The monoisotopic (exact) mass is 781 g/mol. The third-order valence-corrected chi connectivity index (χ3v) is 10.0. The molecular weight excluding hydrogens is 700 g/mol. The third-order valence-electron chi connectivity index (χ3n) is 10.0. The molecule has 55 heavy (non-hydrogen) atoms. The molecule has 0 saturated carbocycles. The third kappa shape index (κ3) is 28.0. The number of hydrogen-bond acceptors (Lipinski definition) is 10. The van der Waals surface area contributed by atoms with Crippen molar-refractivity contribution < 1.29 is 49.0 Å². The van der Waals surface area contributed by atoms with Crippen molar-refractivity contribution in [2.75, 3.05) is 19.8 Å². The lowest BCUT2D eigenvalue weighted by Gasteiger charge is -2.39. The smallest absolute Gasteiger partial charge is 0.306 e. The highest BCUT2D eigenvalue weighted by molar-refractivity contribution is 5.70. The molecular formula is C45H80O10. The molecule has 2 unspecified atom stereocenters. The fourth-order valence-electron chi connectivity index (χ4n) is 6.47. The number of hydrogen-bond donors (Lipinski definition) is 4. The molecule has 6 atom stereocenters. The number of carbonyl (C=O) groups is 2. The largest absolute Gasteiger partial charge is 0.462 e. The molecule has 0 aromatic carbocycles. The van der Waals surface area contributed by atoms with Crippen LogP contribution in [-0.2, 0) is 28.5 Å². The van der Waals surface area contributed by atoms with E-state index >= 15 is 0 Å². The molecule has 0 aliphatic carbocycles. The van der Waals surface area contributed by atoms with E-state index in [2.05, 4.69) is 44.2 Å². The Morgan fingerprint density at radius 1 is 0.564 bits per heavy atom. The van der Waals surface area contributed by atoms with Gasteiger partial charge in [-0.25, -0.2) is 0 Å². The molecule has 0 amide bonds. The lowest BCUT2D eigenvalue weighted by molar-refractivity contribution is -0.305. The summed E-state index contributed by atoms with van der Waals surface area (Å²) in [7, 11) is 0. The second kappa shape index (κ2) is 36.3. The maximum absolute atomic E-state index is 12.7. The van der Waals surface area contributed by atoms with E-state index in [1.54, 1.807) is 0 Å². The molecule has 1 fully saturated rings. The number of rotatable bonds is 36. The van der Waals surface area contributed by atoms with Crippen LogP contribution < -0.4 is 0 Å². The van der Waals surface area contributed by atoms with E-state index in [0.717, 1.165) is 38.5 Å². The highest BCUT2D eigenvalue weighted by Gasteiger charge is 2.44. The fourth-order valence-corrected chi connectivity index (χ4v) is 6.47. The molecule has 320 valence electrons. The van der Waals surface area contributed by atoms with Gasteiger partial charge in [0, 0.05) is 12.8 Å². The highest BCUT2D eigenvalue weighted by Crippen LogP contribution is 2.22. The Bertz CT molecular complexity index is 996. The molecule has 0 bridgehead atoms. The Labute approximate surface area is 334 Å². The Hall–Kier alpha value is -2.08. The van der Waals surface area contributed by atoms with E-state index in [1.165, 1.54) is 103 Å². The Balaban J connectivity index is 2.39. The van der Waals surface area contributed by atoms with Crippen LogP contribution in [0.1, 0.15) is 181 Å². The summed E-state index contributed by atoms with van der Waals surface area (Å²) in [5, 5.41) is 40.0. The zero-order chi connectivity index (χ0) is 40.2. The standard InChI is InChI=1S/C45H80O10/c1-3-5-7-9-11-13-15-17-19-21-23-25-27-29-31-33-40(47)52-36-38(37-53-45-44(51)43(50)42(49)39(35-46)55-45)54-41(48)34-32-30-28-26-24-22-20-18-16-14-12-10-8-6-4-2/h17,19,23,25,28,30,38-39,42-46,49-51H,3-16,18,20-22,24,26-27,29,31-37H2,1-2H3/b19-17+,25-23+,30-28+/t38-,39-,42+,43?,44?,45-/m0/s1. The second-order valence-corrected chi connectivity index (χ2v) is 15.1. The summed E-state index contributed by atoms with van der Waals surface area (Å²) in [6.07, 6.45) is 33.1. The summed E-state index contributed by atoms with van der Waals surface area (Å²) in [5.74, 6) is -0.900. The number of carbonyl (C=O) groups excluding carboxylic acids is 2. The van der Waals surface area contributed by atoms with Gasteiger partial charge in [0.05, 0.1) is 13.2 Å². The first-order chi connectivity index (χ1) is 26.8. The van der Waals surface area contributed by atoms with Gasteiger partial charge in [0.2, 0.25) is 0 Å². The summed E-state index contributed by atoms with van der Waals surface area (Å²) in [4.78, 5) is 25.2. The van der Waals surface area contributed by atoms with Gasteiger partial charge in [-0.05, 0) is 57.8 Å². The first kappa shape index (κ1) is 50.9. The molecule has 4 N–H and O–H groups in total. The lowest BCUT2D eigenvalue weighted by Crippen LogP contribution is -2.59. The molecule has 1 aliphatic heterocycles. The van der Waals surface area contributed by atoms with E-state index in [0.29, 0.717) is 12.8 Å². The molecule has 1 saturated heterocycles. The van der Waals surface area contributed by atoms with Gasteiger partial charge >= 0.3 is 11.9 Å². The predicted molar refractivity (Wildman–Crippen MR) is 219 cm³/mol. The van der Waals surface area contributed by atoms with Crippen LogP contribution in [0, 0.1) is 0 Å². The quantitative estimate of drug-likeness (QED) is 0.0275. The highest BCUT2D eigenvalue weighted by atomic mass is 16.7. The minimum Gasteiger partial charge on any atom is -0.462 e. The molecule has 1 aliphatic rings. The van der Waals surface area contributed by atoms with Crippen molar-refractivity contribution in [1.29, 1.82) is 0 Å². The maximum atomic E-state index is 12.7. The zero-order valence-electron chi connectivity index (χ0n) is 34.7. The van der Waals surface area contributed by atoms with Crippen LogP contribution >= 0.6 is 0 Å². The van der Waals surface area contributed by atoms with Crippen molar-refractivity contribution in [3.8, 4) is 0 Å². The van der Waals surface area contributed by atoms with E-state index < -0.39 is 55.4 Å². The Kier molecular flexibility index (Phi) is 33.6. The SMILES string of the molecule is CCCCCCCC/C=C/C/C=C/CCCCC(=O)OC[C@@H](CO[C@H]1O[C@@H](CO)[C@@H](O)C(O)C1O)OC(=O)CC/C=C/CCCCCCCCCCCCC. The topological polar surface area (TPSA) is 152 Å². The van der Waals surface area contributed by atoms with Gasteiger partial charge in [-0.3, -0.25) is 9.59 Å². The van der Waals surface area contributed by atoms with E-state index in [-0.39, 0.29) is 26.1 Å². The summed E-state index contributed by atoms with van der Waals surface area (Å²) < 4.78 is 22.0. The molecule has 0 aromatic heterocycles. The summed E-state index contributed by atoms with van der Waals surface area (Å²) in [6.45, 7) is 3.34.